The van der Waals surface area contributed by atoms with Crippen LogP contribution in [0.25, 0.3) is 10.9 Å². The van der Waals surface area contributed by atoms with E-state index in [4.69, 9.17) is 0 Å². The first-order valence-corrected chi connectivity index (χ1v) is 7.67. The molecule has 2 unspecified atom stereocenters. The molecular weight excluding hydrogens is 278 g/mol. The fourth-order valence-corrected chi connectivity index (χ4v) is 2.06. The van der Waals surface area contributed by atoms with Crippen molar-refractivity contribution in [3.63, 3.8) is 0 Å². The van der Waals surface area contributed by atoms with Gasteiger partial charge in [0.2, 0.25) is 0 Å². The lowest BCUT2D eigenvalue weighted by atomic mass is 10.1. The Morgan fingerprint density at radius 2 is 2.10 bits per heavy atom. The van der Waals surface area contributed by atoms with Crippen molar-refractivity contribution in [3.05, 3.63) is 30.0 Å². The molecule has 0 aliphatic heterocycles. The van der Waals surface area contributed by atoms with E-state index in [-0.39, 0.29) is 10.9 Å². The Bertz CT molecular complexity index is 675. The van der Waals surface area contributed by atoms with E-state index in [1.54, 1.807) is 18.4 Å². The number of nitrogens with one attached hydrogen (secondary N) is 1. The zero-order valence-corrected chi connectivity index (χ0v) is 12.0. The standard InChI is InChI=1S/C13H15N3O3S/c1-8(20(2)19)7-14-11-9-5-3-4-6-10(9)15-16-12(11)13(17)18/h3-6,8H,7H2,1-2H3,(H,14,15)(H,17,18). The van der Waals surface area contributed by atoms with Crippen LogP contribution >= 0.6 is 0 Å². The fourth-order valence-electron chi connectivity index (χ4n) is 1.75. The highest BCUT2D eigenvalue weighted by Crippen LogP contribution is 2.24. The number of nitrogens with zero attached hydrogens (tertiary/aromatic N) is 2. The van der Waals surface area contributed by atoms with Crippen molar-refractivity contribution in [2.24, 2.45) is 0 Å². The van der Waals surface area contributed by atoms with Gasteiger partial charge in [-0.2, -0.15) is 0 Å². The van der Waals surface area contributed by atoms with Gasteiger partial charge in [-0.25, -0.2) is 4.79 Å². The molecule has 1 heterocycles. The molecule has 0 bridgehead atoms. The van der Waals surface area contributed by atoms with Crippen LogP contribution in [0.4, 0.5) is 5.69 Å². The molecule has 106 valence electrons. The number of fused-ring (bicyclic) bond motifs is 1. The van der Waals surface area contributed by atoms with Crippen molar-refractivity contribution in [2.75, 3.05) is 18.1 Å². The first kappa shape index (κ1) is 14.4. The van der Waals surface area contributed by atoms with Gasteiger partial charge in [0, 0.05) is 34.2 Å². The highest BCUT2D eigenvalue weighted by molar-refractivity contribution is 7.84. The summed E-state index contributed by atoms with van der Waals surface area (Å²) in [6.45, 7) is 2.24. The van der Waals surface area contributed by atoms with Gasteiger partial charge in [-0.05, 0) is 13.0 Å². The summed E-state index contributed by atoms with van der Waals surface area (Å²) < 4.78 is 11.4. The molecule has 6 nitrogen and oxygen atoms in total. The highest BCUT2D eigenvalue weighted by atomic mass is 32.2. The van der Waals surface area contributed by atoms with Crippen LogP contribution < -0.4 is 5.32 Å². The number of anilines is 1. The van der Waals surface area contributed by atoms with Crippen LogP contribution in [0.5, 0.6) is 0 Å². The van der Waals surface area contributed by atoms with Gasteiger partial charge >= 0.3 is 5.97 Å². The summed E-state index contributed by atoms with van der Waals surface area (Å²) in [7, 11) is -0.981. The molecule has 1 aromatic heterocycles. The van der Waals surface area contributed by atoms with Gasteiger partial charge < -0.3 is 10.4 Å². The van der Waals surface area contributed by atoms with Crippen molar-refractivity contribution >= 4 is 33.4 Å². The summed E-state index contributed by atoms with van der Waals surface area (Å²) in [5.41, 5.74) is 0.906. The normalized spacial score (nSPS) is 13.9. The molecular formula is C13H15N3O3S. The largest absolute Gasteiger partial charge is 0.476 e. The van der Waals surface area contributed by atoms with E-state index in [0.29, 0.717) is 23.1 Å². The monoisotopic (exact) mass is 293 g/mol. The van der Waals surface area contributed by atoms with E-state index in [0.717, 1.165) is 0 Å². The average molecular weight is 293 g/mol. The molecule has 0 saturated heterocycles. The predicted octanol–water partition coefficient (Wildman–Crippen LogP) is 1.51. The summed E-state index contributed by atoms with van der Waals surface area (Å²) in [4.78, 5) is 11.2. The third-order valence-corrected chi connectivity index (χ3v) is 4.30. The van der Waals surface area contributed by atoms with Crippen LogP contribution in [0.3, 0.4) is 0 Å². The Morgan fingerprint density at radius 1 is 1.40 bits per heavy atom. The second kappa shape index (κ2) is 5.96. The summed E-state index contributed by atoms with van der Waals surface area (Å²) in [6.07, 6.45) is 1.62. The van der Waals surface area contributed by atoms with Gasteiger partial charge in [-0.3, -0.25) is 4.21 Å². The van der Waals surface area contributed by atoms with Crippen molar-refractivity contribution in [1.29, 1.82) is 0 Å². The second-order valence-electron chi connectivity index (χ2n) is 4.44. The van der Waals surface area contributed by atoms with Gasteiger partial charge in [0.15, 0.2) is 5.69 Å². The zero-order valence-electron chi connectivity index (χ0n) is 11.2. The average Bonchev–Trinajstić information content (AvgIpc) is 2.43. The number of hydrogen-bond donors (Lipinski definition) is 2. The number of hydrogen-bond acceptors (Lipinski definition) is 5. The van der Waals surface area contributed by atoms with E-state index in [2.05, 4.69) is 15.5 Å². The smallest absolute Gasteiger partial charge is 0.358 e. The van der Waals surface area contributed by atoms with Crippen LogP contribution in [0.15, 0.2) is 24.3 Å². The molecule has 0 amide bonds. The number of benzene rings is 1. The molecule has 2 N–H and O–H groups in total. The Hall–Kier alpha value is -2.02. The van der Waals surface area contributed by atoms with E-state index >= 15 is 0 Å². The molecule has 0 fully saturated rings. The quantitative estimate of drug-likeness (QED) is 0.868. The number of aromatic nitrogens is 2. The Morgan fingerprint density at radius 3 is 2.75 bits per heavy atom. The van der Waals surface area contributed by atoms with E-state index in [1.807, 2.05) is 19.1 Å². The number of carbonyl (C=O) groups is 1. The summed E-state index contributed by atoms with van der Waals surface area (Å²) in [6, 6.07) is 7.17. The molecule has 20 heavy (non-hydrogen) atoms. The Kier molecular flexibility index (Phi) is 4.29. The number of rotatable bonds is 5. The first-order chi connectivity index (χ1) is 9.50. The maximum Gasteiger partial charge on any atom is 0.358 e. The molecule has 0 spiro atoms. The number of carboxylic acids is 1. The predicted molar refractivity (Wildman–Crippen MR) is 78.5 cm³/mol. The maximum atomic E-state index is 11.4. The highest BCUT2D eigenvalue weighted by Gasteiger charge is 2.17. The summed E-state index contributed by atoms with van der Waals surface area (Å²) in [5.74, 6) is -1.14. The topological polar surface area (TPSA) is 92.2 Å². The van der Waals surface area contributed by atoms with Gasteiger partial charge in [0.05, 0.1) is 11.2 Å². The SMILES string of the molecule is CC(CNc1c(C(=O)O)nnc2ccccc12)S(C)=O. The third kappa shape index (κ3) is 2.93. The molecule has 0 saturated carbocycles. The van der Waals surface area contributed by atoms with Crippen LogP contribution in [0, 0.1) is 0 Å². The van der Waals surface area contributed by atoms with Gasteiger partial charge in [0.25, 0.3) is 0 Å². The fraction of sp³-hybridized carbons (Fsp3) is 0.308. The molecule has 1 aromatic carbocycles. The van der Waals surface area contributed by atoms with Crippen LogP contribution in [-0.2, 0) is 10.8 Å². The summed E-state index contributed by atoms with van der Waals surface area (Å²) >= 11 is 0. The minimum atomic E-state index is -1.14. The van der Waals surface area contributed by atoms with Gasteiger partial charge in [-0.1, -0.05) is 18.2 Å². The minimum absolute atomic E-state index is 0.0939. The molecule has 0 radical (unpaired) electrons. The van der Waals surface area contributed by atoms with Crippen LogP contribution in [0.2, 0.25) is 0 Å². The Balaban J connectivity index is 2.44. The minimum Gasteiger partial charge on any atom is -0.476 e. The lowest BCUT2D eigenvalue weighted by Gasteiger charge is -2.14. The maximum absolute atomic E-state index is 11.4. The molecule has 2 rings (SSSR count). The van der Waals surface area contributed by atoms with Crippen molar-refractivity contribution < 1.29 is 14.1 Å². The molecule has 0 aliphatic rings. The summed E-state index contributed by atoms with van der Waals surface area (Å²) in [5, 5.41) is 20.5. The molecule has 2 atom stereocenters. The molecule has 2 aromatic rings. The molecule has 0 aliphatic carbocycles. The van der Waals surface area contributed by atoms with Crippen LogP contribution in [0.1, 0.15) is 17.4 Å². The third-order valence-electron chi connectivity index (χ3n) is 3.00. The zero-order chi connectivity index (χ0) is 14.7. The van der Waals surface area contributed by atoms with Crippen LogP contribution in [-0.4, -0.2) is 43.5 Å². The van der Waals surface area contributed by atoms with E-state index in [1.165, 1.54) is 0 Å². The van der Waals surface area contributed by atoms with Gasteiger partial charge in [0.1, 0.15) is 0 Å². The van der Waals surface area contributed by atoms with Crippen molar-refractivity contribution in [1.82, 2.24) is 10.2 Å². The lowest BCUT2D eigenvalue weighted by Crippen LogP contribution is -2.22. The first-order valence-electron chi connectivity index (χ1n) is 6.05. The van der Waals surface area contributed by atoms with E-state index < -0.39 is 16.8 Å². The second-order valence-corrected chi connectivity index (χ2v) is 6.24. The van der Waals surface area contributed by atoms with Gasteiger partial charge in [-0.15, -0.1) is 10.2 Å². The van der Waals surface area contributed by atoms with Crippen molar-refractivity contribution in [3.8, 4) is 0 Å². The Labute approximate surface area is 118 Å². The molecule has 7 heteroatoms. The van der Waals surface area contributed by atoms with Crippen molar-refractivity contribution in [2.45, 2.75) is 12.2 Å². The number of carboxylic acid groups (broad SMARTS) is 1. The lowest BCUT2D eigenvalue weighted by molar-refractivity contribution is 0.0690. The number of aromatic carboxylic acids is 1. The van der Waals surface area contributed by atoms with E-state index in [9.17, 15) is 14.1 Å².